The molecule has 0 fully saturated rings. The van der Waals surface area contributed by atoms with Gasteiger partial charge in [0.15, 0.2) is 9.84 Å². The number of rotatable bonds is 6. The van der Waals surface area contributed by atoms with E-state index in [-0.39, 0.29) is 16.9 Å². The summed E-state index contributed by atoms with van der Waals surface area (Å²) in [6.07, 6.45) is 0.999. The fourth-order valence-corrected chi connectivity index (χ4v) is 3.24. The van der Waals surface area contributed by atoms with Crippen LogP contribution in [0, 0.1) is 0 Å². The van der Waals surface area contributed by atoms with Crippen LogP contribution < -0.4 is 5.32 Å². The molecule has 2 aromatic carbocycles. The third kappa shape index (κ3) is 5.06. The van der Waals surface area contributed by atoms with Gasteiger partial charge in [0.25, 0.3) is 5.91 Å². The minimum Gasteiger partial charge on any atom is -0.469 e. The van der Waals surface area contributed by atoms with Gasteiger partial charge in [-0.2, -0.15) is 0 Å². The van der Waals surface area contributed by atoms with E-state index in [4.69, 9.17) is 11.6 Å². The molecule has 0 aliphatic heterocycles. The Bertz CT molecular complexity index is 909. The highest BCUT2D eigenvalue weighted by Crippen LogP contribution is 2.26. The van der Waals surface area contributed by atoms with Gasteiger partial charge in [0.05, 0.1) is 24.5 Å². The number of hydrogen-bond donors (Lipinski definition) is 1. The van der Waals surface area contributed by atoms with Crippen molar-refractivity contribution in [3.05, 3.63) is 64.7 Å². The average molecular weight is 396 g/mol. The molecule has 1 atom stereocenters. The van der Waals surface area contributed by atoms with E-state index >= 15 is 0 Å². The molecule has 6 nitrogen and oxygen atoms in total. The number of esters is 1. The summed E-state index contributed by atoms with van der Waals surface area (Å²) in [4.78, 5) is 24.3. The standard InChI is InChI=1S/C18H18ClNO5S/c1-25-17(21)11-16(14-5-3-4-6-15(14)19)20-18(22)12-7-9-13(10-8-12)26(2,23)24/h3-10,16H,11H2,1-2H3,(H,20,22)/t16-/m1/s1. The van der Waals surface area contributed by atoms with Crippen LogP contribution in [0.5, 0.6) is 0 Å². The van der Waals surface area contributed by atoms with E-state index in [0.29, 0.717) is 10.6 Å². The molecule has 1 N–H and O–H groups in total. The molecule has 138 valence electrons. The maximum atomic E-state index is 12.5. The highest BCUT2D eigenvalue weighted by Gasteiger charge is 2.22. The van der Waals surface area contributed by atoms with Crippen molar-refractivity contribution in [2.45, 2.75) is 17.4 Å². The van der Waals surface area contributed by atoms with Gasteiger partial charge in [-0.3, -0.25) is 9.59 Å². The van der Waals surface area contributed by atoms with E-state index in [1.165, 1.54) is 31.4 Å². The molecular weight excluding hydrogens is 378 g/mol. The second-order valence-corrected chi connectivity index (χ2v) is 8.05. The van der Waals surface area contributed by atoms with E-state index in [0.717, 1.165) is 6.26 Å². The Morgan fingerprint density at radius 3 is 2.27 bits per heavy atom. The van der Waals surface area contributed by atoms with Gasteiger partial charge < -0.3 is 10.1 Å². The molecule has 0 radical (unpaired) electrons. The molecule has 0 saturated heterocycles. The van der Waals surface area contributed by atoms with Crippen molar-refractivity contribution in [1.82, 2.24) is 5.32 Å². The van der Waals surface area contributed by atoms with Gasteiger partial charge in [-0.05, 0) is 35.9 Å². The first-order valence-electron chi connectivity index (χ1n) is 7.64. The number of methoxy groups -OCH3 is 1. The van der Waals surface area contributed by atoms with Gasteiger partial charge in [0.2, 0.25) is 0 Å². The van der Waals surface area contributed by atoms with Crippen molar-refractivity contribution < 1.29 is 22.7 Å². The minimum absolute atomic E-state index is 0.0899. The third-order valence-corrected chi connectivity index (χ3v) is 5.20. The molecule has 0 saturated carbocycles. The third-order valence-electron chi connectivity index (χ3n) is 3.73. The highest BCUT2D eigenvalue weighted by molar-refractivity contribution is 7.90. The van der Waals surface area contributed by atoms with E-state index in [2.05, 4.69) is 10.1 Å². The average Bonchev–Trinajstić information content (AvgIpc) is 2.60. The number of sulfone groups is 1. The van der Waals surface area contributed by atoms with Gasteiger partial charge in [0, 0.05) is 16.8 Å². The molecule has 0 unspecified atom stereocenters. The van der Waals surface area contributed by atoms with Gasteiger partial charge >= 0.3 is 5.97 Å². The quantitative estimate of drug-likeness (QED) is 0.759. The van der Waals surface area contributed by atoms with Gasteiger partial charge in [-0.15, -0.1) is 0 Å². The summed E-state index contributed by atoms with van der Waals surface area (Å²) < 4.78 is 27.7. The van der Waals surface area contributed by atoms with E-state index in [9.17, 15) is 18.0 Å². The number of carbonyl (C=O) groups is 2. The summed E-state index contributed by atoms with van der Waals surface area (Å²) in [5.74, 6) is -0.957. The zero-order valence-corrected chi connectivity index (χ0v) is 15.8. The summed E-state index contributed by atoms with van der Waals surface area (Å²) in [6.45, 7) is 0. The Kier molecular flexibility index (Phi) is 6.39. The SMILES string of the molecule is COC(=O)C[C@@H](NC(=O)c1ccc(S(C)(=O)=O)cc1)c1ccccc1Cl. The minimum atomic E-state index is -3.35. The Morgan fingerprint density at radius 2 is 1.73 bits per heavy atom. The number of halogens is 1. The summed E-state index contributed by atoms with van der Waals surface area (Å²) in [5, 5.41) is 3.15. The predicted molar refractivity (Wildman–Crippen MR) is 97.8 cm³/mol. The maximum Gasteiger partial charge on any atom is 0.307 e. The normalized spacial score (nSPS) is 12.3. The molecule has 1 amide bonds. The van der Waals surface area contributed by atoms with Gasteiger partial charge in [0.1, 0.15) is 0 Å². The van der Waals surface area contributed by atoms with E-state index in [1.807, 2.05) is 0 Å². The molecule has 0 bridgehead atoms. The van der Waals surface area contributed by atoms with Crippen LogP contribution in [0.4, 0.5) is 0 Å². The lowest BCUT2D eigenvalue weighted by Gasteiger charge is -2.19. The molecule has 0 aliphatic rings. The number of benzene rings is 2. The summed E-state index contributed by atoms with van der Waals surface area (Å²) in [7, 11) is -2.08. The van der Waals surface area contributed by atoms with Crippen LogP contribution in [-0.4, -0.2) is 33.7 Å². The molecule has 2 rings (SSSR count). The Labute approximate surface area is 157 Å². The van der Waals surface area contributed by atoms with Crippen LogP contribution >= 0.6 is 11.6 Å². The summed E-state index contributed by atoms with van der Waals surface area (Å²) >= 11 is 6.18. The second-order valence-electron chi connectivity index (χ2n) is 5.62. The molecule has 0 aliphatic carbocycles. The lowest BCUT2D eigenvalue weighted by molar-refractivity contribution is -0.141. The van der Waals surface area contributed by atoms with Crippen molar-refractivity contribution in [2.24, 2.45) is 0 Å². The fraction of sp³-hybridized carbons (Fsp3) is 0.222. The van der Waals surface area contributed by atoms with Gasteiger partial charge in [-0.25, -0.2) is 8.42 Å². The Hall–Kier alpha value is -2.38. The number of amides is 1. The van der Waals surface area contributed by atoms with E-state index < -0.39 is 27.8 Å². The van der Waals surface area contributed by atoms with Crippen LogP contribution in [0.25, 0.3) is 0 Å². The molecule has 0 spiro atoms. The Balaban J connectivity index is 2.26. The zero-order chi connectivity index (χ0) is 19.3. The topological polar surface area (TPSA) is 89.5 Å². The monoisotopic (exact) mass is 395 g/mol. The maximum absolute atomic E-state index is 12.5. The number of nitrogens with one attached hydrogen (secondary N) is 1. The first-order valence-corrected chi connectivity index (χ1v) is 9.91. The molecule has 0 heterocycles. The van der Waals surface area contributed by atoms with Crippen molar-refractivity contribution in [3.63, 3.8) is 0 Å². The zero-order valence-electron chi connectivity index (χ0n) is 14.2. The lowest BCUT2D eigenvalue weighted by Crippen LogP contribution is -2.30. The number of ether oxygens (including phenoxy) is 1. The Morgan fingerprint density at radius 1 is 1.12 bits per heavy atom. The first kappa shape index (κ1) is 19.9. The predicted octanol–water partition coefficient (Wildman–Crippen LogP) is 2.78. The largest absolute Gasteiger partial charge is 0.469 e. The molecule has 0 aromatic heterocycles. The van der Waals surface area contributed by atoms with Crippen molar-refractivity contribution in [2.75, 3.05) is 13.4 Å². The molecule has 2 aromatic rings. The molecule has 8 heteroatoms. The van der Waals surface area contributed by atoms with Crippen molar-refractivity contribution in [1.29, 1.82) is 0 Å². The number of carbonyl (C=O) groups excluding carboxylic acids is 2. The molecular formula is C18H18ClNO5S. The fourth-order valence-electron chi connectivity index (χ4n) is 2.34. The van der Waals surface area contributed by atoms with Crippen LogP contribution in [0.1, 0.15) is 28.4 Å². The lowest BCUT2D eigenvalue weighted by atomic mass is 10.0. The first-order chi connectivity index (χ1) is 12.2. The van der Waals surface area contributed by atoms with E-state index in [1.54, 1.807) is 24.3 Å². The van der Waals surface area contributed by atoms with Crippen LogP contribution in [0.3, 0.4) is 0 Å². The van der Waals surface area contributed by atoms with Crippen LogP contribution in [-0.2, 0) is 19.4 Å². The van der Waals surface area contributed by atoms with Crippen molar-refractivity contribution in [3.8, 4) is 0 Å². The number of hydrogen-bond acceptors (Lipinski definition) is 5. The van der Waals surface area contributed by atoms with Crippen LogP contribution in [0.15, 0.2) is 53.4 Å². The second kappa shape index (κ2) is 8.33. The smallest absolute Gasteiger partial charge is 0.307 e. The summed E-state index contributed by atoms with van der Waals surface area (Å²) in [6, 6.07) is 11.7. The van der Waals surface area contributed by atoms with Crippen molar-refractivity contribution >= 4 is 33.3 Å². The van der Waals surface area contributed by atoms with Crippen LogP contribution in [0.2, 0.25) is 5.02 Å². The molecule has 26 heavy (non-hydrogen) atoms. The highest BCUT2D eigenvalue weighted by atomic mass is 35.5. The summed E-state index contributed by atoms with van der Waals surface area (Å²) in [5.41, 5.74) is 0.847. The van der Waals surface area contributed by atoms with Gasteiger partial charge in [-0.1, -0.05) is 29.8 Å².